The number of anilines is 2. The minimum atomic E-state index is -0.942. The van der Waals surface area contributed by atoms with Crippen LogP contribution in [0.2, 0.25) is 0 Å². The fourth-order valence-electron chi connectivity index (χ4n) is 1.78. The fraction of sp³-hybridized carbons (Fsp3) is 0.133. The molecule has 2 rings (SSSR count). The van der Waals surface area contributed by atoms with E-state index < -0.39 is 5.97 Å². The van der Waals surface area contributed by atoms with Crippen molar-refractivity contribution in [2.75, 3.05) is 19.5 Å². The minimum absolute atomic E-state index is 0.253. The van der Waals surface area contributed by atoms with Crippen LogP contribution in [0.4, 0.5) is 11.4 Å². The summed E-state index contributed by atoms with van der Waals surface area (Å²) in [6.45, 7) is 0. The van der Waals surface area contributed by atoms with Crippen LogP contribution < -0.4 is 14.8 Å². The van der Waals surface area contributed by atoms with Crippen molar-refractivity contribution in [3.8, 4) is 11.5 Å². The first-order chi connectivity index (χ1) is 9.63. The second kappa shape index (κ2) is 5.97. The van der Waals surface area contributed by atoms with E-state index in [2.05, 4.69) is 5.32 Å². The number of nitrogens with one attached hydrogen (secondary N) is 1. The van der Waals surface area contributed by atoms with Gasteiger partial charge in [-0.25, -0.2) is 4.79 Å². The van der Waals surface area contributed by atoms with Gasteiger partial charge in [-0.1, -0.05) is 0 Å². The Bertz CT molecular complexity index is 608. The van der Waals surface area contributed by atoms with Gasteiger partial charge in [0.1, 0.15) is 0 Å². The maximum absolute atomic E-state index is 10.8. The number of rotatable bonds is 5. The molecule has 5 heteroatoms. The molecular formula is C15H15NO4. The van der Waals surface area contributed by atoms with Crippen LogP contribution >= 0.6 is 0 Å². The SMILES string of the molecule is COc1ccc(Nc2ccc(C(=O)O)cc2)cc1OC. The van der Waals surface area contributed by atoms with Gasteiger partial charge in [-0.15, -0.1) is 0 Å². The number of hydrogen-bond donors (Lipinski definition) is 2. The Morgan fingerprint density at radius 3 is 2.10 bits per heavy atom. The van der Waals surface area contributed by atoms with Gasteiger partial charge in [-0.05, 0) is 36.4 Å². The molecule has 0 atom stereocenters. The van der Waals surface area contributed by atoms with Crippen molar-refractivity contribution in [1.82, 2.24) is 0 Å². The lowest BCUT2D eigenvalue weighted by molar-refractivity contribution is 0.0697. The standard InChI is InChI=1S/C15H15NO4/c1-19-13-8-7-12(9-14(13)20-2)16-11-5-3-10(4-6-11)15(17)18/h3-9,16H,1-2H3,(H,17,18). The molecule has 0 saturated carbocycles. The highest BCUT2D eigenvalue weighted by Crippen LogP contribution is 2.31. The summed E-state index contributed by atoms with van der Waals surface area (Å²) in [5.74, 6) is 0.335. The van der Waals surface area contributed by atoms with Gasteiger partial charge >= 0.3 is 5.97 Å². The third-order valence-corrected chi connectivity index (χ3v) is 2.80. The van der Waals surface area contributed by atoms with Crippen molar-refractivity contribution in [1.29, 1.82) is 0 Å². The van der Waals surface area contributed by atoms with Gasteiger partial charge in [0.15, 0.2) is 11.5 Å². The Hall–Kier alpha value is -2.69. The molecule has 0 amide bonds. The van der Waals surface area contributed by atoms with E-state index in [9.17, 15) is 4.79 Å². The van der Waals surface area contributed by atoms with E-state index in [1.807, 2.05) is 12.1 Å². The summed E-state index contributed by atoms with van der Waals surface area (Å²) in [7, 11) is 3.15. The molecule has 5 nitrogen and oxygen atoms in total. The number of hydrogen-bond acceptors (Lipinski definition) is 4. The van der Waals surface area contributed by atoms with E-state index in [4.69, 9.17) is 14.6 Å². The third kappa shape index (κ3) is 3.00. The summed E-state index contributed by atoms with van der Waals surface area (Å²) >= 11 is 0. The van der Waals surface area contributed by atoms with E-state index in [-0.39, 0.29) is 5.56 Å². The van der Waals surface area contributed by atoms with Gasteiger partial charge in [0.05, 0.1) is 19.8 Å². The van der Waals surface area contributed by atoms with Crippen LogP contribution in [-0.4, -0.2) is 25.3 Å². The quantitative estimate of drug-likeness (QED) is 0.876. The van der Waals surface area contributed by atoms with Crippen molar-refractivity contribution in [3.05, 3.63) is 48.0 Å². The lowest BCUT2D eigenvalue weighted by atomic mass is 10.2. The zero-order valence-electron chi connectivity index (χ0n) is 11.2. The van der Waals surface area contributed by atoms with Gasteiger partial charge in [0, 0.05) is 17.4 Å². The molecule has 0 aliphatic rings. The number of methoxy groups -OCH3 is 2. The molecule has 0 aromatic heterocycles. The maximum Gasteiger partial charge on any atom is 0.335 e. The molecule has 0 unspecified atom stereocenters. The Morgan fingerprint density at radius 2 is 1.55 bits per heavy atom. The van der Waals surface area contributed by atoms with Crippen molar-refractivity contribution >= 4 is 17.3 Å². The molecule has 20 heavy (non-hydrogen) atoms. The molecule has 0 aliphatic carbocycles. The molecule has 2 N–H and O–H groups in total. The van der Waals surface area contributed by atoms with Gasteiger partial charge in [0.2, 0.25) is 0 Å². The highest BCUT2D eigenvalue weighted by molar-refractivity contribution is 5.88. The fourth-order valence-corrected chi connectivity index (χ4v) is 1.78. The molecule has 0 saturated heterocycles. The Balaban J connectivity index is 2.19. The Labute approximate surface area is 116 Å². The summed E-state index contributed by atoms with van der Waals surface area (Å²) in [4.78, 5) is 10.8. The highest BCUT2D eigenvalue weighted by atomic mass is 16.5. The number of carboxylic acid groups (broad SMARTS) is 1. The molecule has 0 aliphatic heterocycles. The van der Waals surface area contributed by atoms with Crippen LogP contribution in [0.25, 0.3) is 0 Å². The highest BCUT2D eigenvalue weighted by Gasteiger charge is 2.05. The number of benzene rings is 2. The number of ether oxygens (including phenoxy) is 2. The summed E-state index contributed by atoms with van der Waals surface area (Å²) in [6.07, 6.45) is 0. The second-order valence-corrected chi connectivity index (χ2v) is 4.08. The van der Waals surface area contributed by atoms with Crippen molar-refractivity contribution in [3.63, 3.8) is 0 Å². The Morgan fingerprint density at radius 1 is 0.950 bits per heavy atom. The lowest BCUT2D eigenvalue weighted by Crippen LogP contribution is -1.97. The molecule has 0 radical (unpaired) electrons. The first kappa shape index (κ1) is 13.7. The molecule has 0 heterocycles. The van der Waals surface area contributed by atoms with Gasteiger partial charge in [-0.2, -0.15) is 0 Å². The predicted molar refractivity (Wildman–Crippen MR) is 76.2 cm³/mol. The van der Waals surface area contributed by atoms with Gasteiger partial charge in [-0.3, -0.25) is 0 Å². The molecule has 2 aromatic rings. The van der Waals surface area contributed by atoms with Crippen molar-refractivity contribution in [2.45, 2.75) is 0 Å². The van der Waals surface area contributed by atoms with Crippen LogP contribution in [0.3, 0.4) is 0 Å². The number of carboxylic acids is 1. The second-order valence-electron chi connectivity index (χ2n) is 4.08. The molecule has 0 fully saturated rings. The molecular weight excluding hydrogens is 258 g/mol. The number of aromatic carboxylic acids is 1. The van der Waals surface area contributed by atoms with E-state index in [1.54, 1.807) is 44.6 Å². The van der Waals surface area contributed by atoms with Crippen LogP contribution in [0.1, 0.15) is 10.4 Å². The van der Waals surface area contributed by atoms with Crippen LogP contribution in [0, 0.1) is 0 Å². The molecule has 2 aromatic carbocycles. The predicted octanol–water partition coefficient (Wildman–Crippen LogP) is 3.15. The van der Waals surface area contributed by atoms with E-state index in [0.717, 1.165) is 11.4 Å². The van der Waals surface area contributed by atoms with Crippen LogP contribution in [0.5, 0.6) is 11.5 Å². The van der Waals surface area contributed by atoms with Crippen molar-refractivity contribution < 1.29 is 19.4 Å². The molecule has 0 bridgehead atoms. The number of carbonyl (C=O) groups is 1. The average molecular weight is 273 g/mol. The van der Waals surface area contributed by atoms with E-state index >= 15 is 0 Å². The van der Waals surface area contributed by atoms with Gasteiger partial charge in [0.25, 0.3) is 0 Å². The van der Waals surface area contributed by atoms with Crippen molar-refractivity contribution in [2.24, 2.45) is 0 Å². The lowest BCUT2D eigenvalue weighted by Gasteiger charge is -2.11. The molecule has 0 spiro atoms. The van der Waals surface area contributed by atoms with E-state index in [1.165, 1.54) is 0 Å². The first-order valence-electron chi connectivity index (χ1n) is 5.96. The topological polar surface area (TPSA) is 67.8 Å². The maximum atomic E-state index is 10.8. The smallest absolute Gasteiger partial charge is 0.335 e. The minimum Gasteiger partial charge on any atom is -0.493 e. The zero-order chi connectivity index (χ0) is 14.5. The molecule has 104 valence electrons. The van der Waals surface area contributed by atoms with Crippen LogP contribution in [-0.2, 0) is 0 Å². The van der Waals surface area contributed by atoms with E-state index in [0.29, 0.717) is 11.5 Å². The largest absolute Gasteiger partial charge is 0.493 e. The Kier molecular flexibility index (Phi) is 4.10. The average Bonchev–Trinajstić information content (AvgIpc) is 2.47. The normalized spacial score (nSPS) is 9.90. The summed E-state index contributed by atoms with van der Waals surface area (Å²) in [5.41, 5.74) is 1.87. The van der Waals surface area contributed by atoms with Gasteiger partial charge < -0.3 is 19.9 Å². The third-order valence-electron chi connectivity index (χ3n) is 2.80. The monoisotopic (exact) mass is 273 g/mol. The zero-order valence-corrected chi connectivity index (χ0v) is 11.2. The summed E-state index contributed by atoms with van der Waals surface area (Å²) < 4.78 is 10.4. The van der Waals surface area contributed by atoms with Crippen LogP contribution in [0.15, 0.2) is 42.5 Å². The first-order valence-corrected chi connectivity index (χ1v) is 5.96. The summed E-state index contributed by atoms with van der Waals surface area (Å²) in [6, 6.07) is 12.0. The summed E-state index contributed by atoms with van der Waals surface area (Å²) in [5, 5.41) is 12.0.